The van der Waals surface area contributed by atoms with Gasteiger partial charge in [0.1, 0.15) is 0 Å². The van der Waals surface area contributed by atoms with Crippen molar-refractivity contribution < 1.29 is 13.2 Å². The second-order valence-electron chi connectivity index (χ2n) is 4.02. The summed E-state index contributed by atoms with van der Waals surface area (Å²) < 4.78 is 22.5. The van der Waals surface area contributed by atoms with Gasteiger partial charge >= 0.3 is 0 Å². The molecule has 0 radical (unpaired) electrons. The second-order valence-corrected chi connectivity index (χ2v) is 6.25. The molecule has 1 fully saturated rings. The number of sulfone groups is 1. The molecule has 0 aliphatic carbocycles. The van der Waals surface area contributed by atoms with Crippen LogP contribution in [-0.2, 0) is 14.6 Å². The normalized spacial score (nSPS) is 24.7. The maximum atomic E-state index is 11.7. The summed E-state index contributed by atoms with van der Waals surface area (Å²) in [5.74, 6) is 2.19. The summed E-state index contributed by atoms with van der Waals surface area (Å²) in [6.07, 6.45) is 5.72. The highest BCUT2D eigenvalue weighted by molar-refractivity contribution is 7.91. The van der Waals surface area contributed by atoms with E-state index in [4.69, 9.17) is 12.2 Å². The molecule has 0 spiro atoms. The van der Waals surface area contributed by atoms with Gasteiger partial charge in [0.15, 0.2) is 9.84 Å². The predicted octanol–water partition coefficient (Wildman–Crippen LogP) is -1.02. The highest BCUT2D eigenvalue weighted by atomic mass is 32.2. The van der Waals surface area contributed by atoms with Gasteiger partial charge in [-0.05, 0) is 6.42 Å². The lowest BCUT2D eigenvalue weighted by molar-refractivity contribution is -0.132. The van der Waals surface area contributed by atoms with E-state index in [0.717, 1.165) is 0 Å². The van der Waals surface area contributed by atoms with Crippen molar-refractivity contribution in [2.75, 3.05) is 18.6 Å². The van der Waals surface area contributed by atoms with E-state index in [2.05, 4.69) is 5.92 Å². The summed E-state index contributed by atoms with van der Waals surface area (Å²) in [5, 5.41) is 0. The Morgan fingerprint density at radius 3 is 2.75 bits per heavy atom. The molecule has 2 N–H and O–H groups in total. The third-order valence-electron chi connectivity index (χ3n) is 2.76. The van der Waals surface area contributed by atoms with Crippen LogP contribution in [0, 0.1) is 12.3 Å². The fourth-order valence-corrected chi connectivity index (χ4v) is 3.51. The van der Waals surface area contributed by atoms with Gasteiger partial charge in [-0.2, -0.15) is 0 Å². The molecule has 0 aromatic rings. The number of hydrogen-bond donors (Lipinski definition) is 1. The van der Waals surface area contributed by atoms with Crippen molar-refractivity contribution in [2.45, 2.75) is 24.9 Å². The number of terminal acetylenes is 1. The number of amides is 1. The summed E-state index contributed by atoms with van der Waals surface area (Å²) in [6.45, 7) is 0. The average molecular weight is 244 g/mol. The Bertz CT molecular complexity index is 410. The van der Waals surface area contributed by atoms with Gasteiger partial charge < -0.3 is 10.6 Å². The summed E-state index contributed by atoms with van der Waals surface area (Å²) in [6, 6.07) is -1.00. The van der Waals surface area contributed by atoms with E-state index in [9.17, 15) is 13.2 Å². The second kappa shape index (κ2) is 4.85. The average Bonchev–Trinajstić information content (AvgIpc) is 2.57. The zero-order chi connectivity index (χ0) is 12.3. The highest BCUT2D eigenvalue weighted by Crippen LogP contribution is 2.17. The summed E-state index contributed by atoms with van der Waals surface area (Å²) in [5.41, 5.74) is 5.58. The van der Waals surface area contributed by atoms with Gasteiger partial charge in [0.05, 0.1) is 17.5 Å². The smallest absolute Gasteiger partial charge is 0.240 e. The molecule has 1 amide bonds. The Labute approximate surface area is 95.9 Å². The SMILES string of the molecule is C#CCC(N)C(=O)N(C)C1CCS(=O)(=O)C1. The molecule has 1 heterocycles. The van der Waals surface area contributed by atoms with Crippen LogP contribution in [0.4, 0.5) is 0 Å². The number of nitrogens with zero attached hydrogens (tertiary/aromatic N) is 1. The maximum Gasteiger partial charge on any atom is 0.240 e. The molecule has 1 rings (SSSR count). The van der Waals surface area contributed by atoms with Crippen molar-refractivity contribution in [3.63, 3.8) is 0 Å². The third-order valence-corrected chi connectivity index (χ3v) is 4.51. The van der Waals surface area contributed by atoms with E-state index < -0.39 is 15.9 Å². The molecule has 1 saturated heterocycles. The molecule has 1 aliphatic rings. The van der Waals surface area contributed by atoms with Crippen LogP contribution < -0.4 is 5.73 Å². The van der Waals surface area contributed by atoms with Crippen LogP contribution in [0.1, 0.15) is 12.8 Å². The van der Waals surface area contributed by atoms with Crippen molar-refractivity contribution in [3.05, 3.63) is 0 Å². The minimum absolute atomic E-state index is 0.0258. The molecule has 0 aromatic heterocycles. The van der Waals surface area contributed by atoms with Crippen molar-refractivity contribution in [3.8, 4) is 12.3 Å². The fraction of sp³-hybridized carbons (Fsp3) is 0.700. The van der Waals surface area contributed by atoms with Crippen molar-refractivity contribution >= 4 is 15.7 Å². The molecule has 6 heteroatoms. The van der Waals surface area contributed by atoms with Gasteiger partial charge in [-0.3, -0.25) is 4.79 Å². The maximum absolute atomic E-state index is 11.7. The molecule has 0 aromatic carbocycles. The van der Waals surface area contributed by atoms with Crippen LogP contribution in [0.2, 0.25) is 0 Å². The molecular weight excluding hydrogens is 228 g/mol. The van der Waals surface area contributed by atoms with Crippen molar-refractivity contribution in [1.29, 1.82) is 0 Å². The molecule has 5 nitrogen and oxygen atoms in total. The van der Waals surface area contributed by atoms with E-state index in [1.165, 1.54) is 4.90 Å². The van der Waals surface area contributed by atoms with Gasteiger partial charge in [-0.15, -0.1) is 12.3 Å². The first-order valence-corrected chi connectivity index (χ1v) is 6.85. The molecular formula is C10H16N2O3S. The van der Waals surface area contributed by atoms with Gasteiger partial charge in [0, 0.05) is 19.5 Å². The minimum Gasteiger partial charge on any atom is -0.340 e. The van der Waals surface area contributed by atoms with Gasteiger partial charge in [-0.25, -0.2) is 8.42 Å². The minimum atomic E-state index is -2.99. The lowest BCUT2D eigenvalue weighted by Crippen LogP contribution is -2.46. The summed E-state index contributed by atoms with van der Waals surface area (Å²) >= 11 is 0. The Kier molecular flexibility index (Phi) is 3.94. The molecule has 2 atom stereocenters. The first-order valence-electron chi connectivity index (χ1n) is 5.03. The topological polar surface area (TPSA) is 80.5 Å². The van der Waals surface area contributed by atoms with Crippen LogP contribution in [0.15, 0.2) is 0 Å². The number of carbonyl (C=O) groups is 1. The first kappa shape index (κ1) is 13.0. The van der Waals surface area contributed by atoms with Gasteiger partial charge in [0.25, 0.3) is 0 Å². The number of nitrogens with two attached hydrogens (primary N) is 1. The van der Waals surface area contributed by atoms with E-state index in [1.807, 2.05) is 0 Å². The number of likely N-dealkylation sites (N-methyl/N-ethyl adjacent to an activating group) is 1. The molecule has 0 saturated carbocycles. The Hall–Kier alpha value is -1.06. The monoisotopic (exact) mass is 244 g/mol. The van der Waals surface area contributed by atoms with Crippen molar-refractivity contribution in [2.24, 2.45) is 5.73 Å². The van der Waals surface area contributed by atoms with Gasteiger partial charge in [-0.1, -0.05) is 0 Å². The zero-order valence-corrected chi connectivity index (χ0v) is 10.0. The van der Waals surface area contributed by atoms with Crippen LogP contribution in [0.25, 0.3) is 0 Å². The first-order chi connectivity index (χ1) is 7.37. The molecule has 90 valence electrons. The van der Waals surface area contributed by atoms with E-state index in [0.29, 0.717) is 6.42 Å². The van der Waals surface area contributed by atoms with Crippen LogP contribution in [0.5, 0.6) is 0 Å². The van der Waals surface area contributed by atoms with E-state index in [1.54, 1.807) is 7.05 Å². The fourth-order valence-electron chi connectivity index (χ4n) is 1.74. The Morgan fingerprint density at radius 2 is 2.31 bits per heavy atom. The van der Waals surface area contributed by atoms with E-state index in [-0.39, 0.29) is 29.9 Å². The molecule has 0 bridgehead atoms. The van der Waals surface area contributed by atoms with E-state index >= 15 is 0 Å². The predicted molar refractivity (Wildman–Crippen MR) is 61.3 cm³/mol. The number of rotatable bonds is 3. The van der Waals surface area contributed by atoms with Crippen LogP contribution in [-0.4, -0.2) is 49.9 Å². The third kappa shape index (κ3) is 2.97. The van der Waals surface area contributed by atoms with Crippen molar-refractivity contribution in [1.82, 2.24) is 4.90 Å². The summed E-state index contributed by atoms with van der Waals surface area (Å²) in [4.78, 5) is 13.2. The lowest BCUT2D eigenvalue weighted by atomic mass is 10.1. The Balaban J connectivity index is 2.62. The Morgan fingerprint density at radius 1 is 1.69 bits per heavy atom. The quantitative estimate of drug-likeness (QED) is 0.645. The molecule has 1 aliphatic heterocycles. The molecule has 16 heavy (non-hydrogen) atoms. The molecule has 2 unspecified atom stereocenters. The van der Waals surface area contributed by atoms with Gasteiger partial charge in [0.2, 0.25) is 5.91 Å². The standard InChI is InChI=1S/C10H16N2O3S/c1-3-4-9(11)10(13)12(2)8-5-6-16(14,15)7-8/h1,8-9H,4-7,11H2,2H3. The number of hydrogen-bond acceptors (Lipinski definition) is 4. The number of carbonyl (C=O) groups excluding carboxylic acids is 1. The lowest BCUT2D eigenvalue weighted by Gasteiger charge is -2.25. The highest BCUT2D eigenvalue weighted by Gasteiger charge is 2.33. The summed E-state index contributed by atoms with van der Waals surface area (Å²) in [7, 11) is -1.41. The zero-order valence-electron chi connectivity index (χ0n) is 9.22. The largest absolute Gasteiger partial charge is 0.340 e. The van der Waals surface area contributed by atoms with Crippen LogP contribution in [0.3, 0.4) is 0 Å². The van der Waals surface area contributed by atoms with Crippen LogP contribution >= 0.6 is 0 Å².